The highest BCUT2D eigenvalue weighted by atomic mass is 16.6. The summed E-state index contributed by atoms with van der Waals surface area (Å²) >= 11 is 0. The lowest BCUT2D eigenvalue weighted by Crippen LogP contribution is -2.28. The SMILES string of the molecule is NC(=O)C1CC(c2ccc(-c3ccccc3CN3CCCC3)cc2)=NO1. The van der Waals surface area contributed by atoms with Crippen molar-refractivity contribution in [2.24, 2.45) is 10.9 Å². The molecular weight excluding hydrogens is 326 g/mol. The van der Waals surface area contributed by atoms with E-state index in [9.17, 15) is 4.79 Å². The van der Waals surface area contributed by atoms with Crippen LogP contribution in [0.25, 0.3) is 11.1 Å². The van der Waals surface area contributed by atoms with Crippen molar-refractivity contribution in [1.82, 2.24) is 4.90 Å². The Hall–Kier alpha value is -2.66. The summed E-state index contributed by atoms with van der Waals surface area (Å²) in [7, 11) is 0. The quantitative estimate of drug-likeness (QED) is 0.902. The molecule has 1 saturated heterocycles. The highest BCUT2D eigenvalue weighted by Crippen LogP contribution is 2.27. The second-order valence-electron chi connectivity index (χ2n) is 6.96. The van der Waals surface area contributed by atoms with Crippen LogP contribution in [0.15, 0.2) is 53.7 Å². The molecule has 134 valence electrons. The van der Waals surface area contributed by atoms with Gasteiger partial charge in [0.15, 0.2) is 0 Å². The highest BCUT2D eigenvalue weighted by molar-refractivity contribution is 6.04. The van der Waals surface area contributed by atoms with Gasteiger partial charge in [0.25, 0.3) is 5.91 Å². The summed E-state index contributed by atoms with van der Waals surface area (Å²) in [4.78, 5) is 18.8. The minimum Gasteiger partial charge on any atom is -0.382 e. The number of carbonyl (C=O) groups is 1. The molecule has 1 amide bonds. The van der Waals surface area contributed by atoms with Gasteiger partial charge in [0, 0.05) is 13.0 Å². The van der Waals surface area contributed by atoms with E-state index < -0.39 is 12.0 Å². The van der Waals surface area contributed by atoms with Gasteiger partial charge in [-0.1, -0.05) is 53.7 Å². The number of rotatable bonds is 5. The van der Waals surface area contributed by atoms with Crippen molar-refractivity contribution in [3.8, 4) is 11.1 Å². The van der Waals surface area contributed by atoms with Crippen LogP contribution < -0.4 is 5.73 Å². The third-order valence-electron chi connectivity index (χ3n) is 5.13. The van der Waals surface area contributed by atoms with Crippen LogP contribution in [-0.4, -0.2) is 35.7 Å². The van der Waals surface area contributed by atoms with Crippen LogP contribution in [0.4, 0.5) is 0 Å². The zero-order chi connectivity index (χ0) is 17.9. The summed E-state index contributed by atoms with van der Waals surface area (Å²) in [5.74, 6) is -0.476. The highest BCUT2D eigenvalue weighted by Gasteiger charge is 2.26. The molecule has 0 radical (unpaired) electrons. The Labute approximate surface area is 153 Å². The Kier molecular flexibility index (Phi) is 4.71. The molecule has 1 unspecified atom stereocenters. The molecule has 2 aromatic carbocycles. The minimum atomic E-state index is -0.647. The van der Waals surface area contributed by atoms with Crippen LogP contribution in [0.1, 0.15) is 30.4 Å². The molecule has 0 bridgehead atoms. The fourth-order valence-corrected chi connectivity index (χ4v) is 3.66. The molecule has 0 aliphatic carbocycles. The van der Waals surface area contributed by atoms with E-state index >= 15 is 0 Å². The molecular formula is C21H23N3O2. The molecule has 2 aliphatic rings. The molecule has 26 heavy (non-hydrogen) atoms. The van der Waals surface area contributed by atoms with Crippen LogP contribution in [0, 0.1) is 0 Å². The third kappa shape index (κ3) is 3.48. The van der Waals surface area contributed by atoms with Gasteiger partial charge in [-0.15, -0.1) is 0 Å². The predicted octanol–water partition coefficient (Wildman–Crippen LogP) is 2.93. The maximum absolute atomic E-state index is 11.2. The second-order valence-corrected chi connectivity index (χ2v) is 6.96. The number of amides is 1. The number of nitrogens with two attached hydrogens (primary N) is 1. The lowest BCUT2D eigenvalue weighted by atomic mass is 9.96. The van der Waals surface area contributed by atoms with Crippen molar-refractivity contribution in [1.29, 1.82) is 0 Å². The summed E-state index contributed by atoms with van der Waals surface area (Å²) in [6.07, 6.45) is 2.38. The summed E-state index contributed by atoms with van der Waals surface area (Å²) in [6, 6.07) is 16.9. The van der Waals surface area contributed by atoms with E-state index in [1.807, 2.05) is 12.1 Å². The van der Waals surface area contributed by atoms with E-state index in [2.05, 4.69) is 46.5 Å². The van der Waals surface area contributed by atoms with E-state index in [4.69, 9.17) is 10.6 Å². The minimum absolute atomic E-state index is 0.431. The van der Waals surface area contributed by atoms with Crippen LogP contribution in [-0.2, 0) is 16.2 Å². The van der Waals surface area contributed by atoms with Gasteiger partial charge in [-0.2, -0.15) is 0 Å². The molecule has 2 aliphatic heterocycles. The Morgan fingerprint density at radius 3 is 2.46 bits per heavy atom. The molecule has 0 aromatic heterocycles. The van der Waals surface area contributed by atoms with E-state index in [-0.39, 0.29) is 0 Å². The van der Waals surface area contributed by atoms with Crippen molar-refractivity contribution >= 4 is 11.6 Å². The first-order valence-corrected chi connectivity index (χ1v) is 9.14. The molecule has 0 spiro atoms. The van der Waals surface area contributed by atoms with E-state index in [0.717, 1.165) is 17.8 Å². The van der Waals surface area contributed by atoms with Gasteiger partial charge >= 0.3 is 0 Å². The third-order valence-corrected chi connectivity index (χ3v) is 5.13. The fourth-order valence-electron chi connectivity index (χ4n) is 3.66. The van der Waals surface area contributed by atoms with Gasteiger partial charge in [0.05, 0.1) is 5.71 Å². The number of hydrogen-bond donors (Lipinski definition) is 1. The van der Waals surface area contributed by atoms with Gasteiger partial charge < -0.3 is 10.6 Å². The Morgan fingerprint density at radius 1 is 1.08 bits per heavy atom. The summed E-state index contributed by atoms with van der Waals surface area (Å²) in [6.45, 7) is 3.38. The molecule has 0 saturated carbocycles. The number of nitrogens with zero attached hydrogens (tertiary/aromatic N) is 2. The monoisotopic (exact) mass is 349 g/mol. The van der Waals surface area contributed by atoms with Gasteiger partial charge in [0.2, 0.25) is 6.10 Å². The first-order chi connectivity index (χ1) is 12.7. The van der Waals surface area contributed by atoms with Crippen molar-refractivity contribution < 1.29 is 9.63 Å². The molecule has 5 heteroatoms. The standard InChI is InChI=1S/C21H23N3O2/c22-21(25)20-13-19(23-26-20)16-9-7-15(8-10-16)18-6-2-1-5-17(18)14-24-11-3-4-12-24/h1-2,5-10,20H,3-4,11-14H2,(H2,22,25). The van der Waals surface area contributed by atoms with Crippen molar-refractivity contribution in [2.45, 2.75) is 31.9 Å². The first-order valence-electron chi connectivity index (χ1n) is 9.14. The van der Waals surface area contributed by atoms with E-state index in [0.29, 0.717) is 6.42 Å². The number of likely N-dealkylation sites (tertiary alicyclic amines) is 1. The van der Waals surface area contributed by atoms with E-state index in [1.165, 1.54) is 42.6 Å². The maximum Gasteiger partial charge on any atom is 0.261 e. The number of primary amides is 1. The van der Waals surface area contributed by atoms with Crippen LogP contribution >= 0.6 is 0 Å². The molecule has 4 rings (SSSR count). The van der Waals surface area contributed by atoms with E-state index in [1.54, 1.807) is 0 Å². The van der Waals surface area contributed by atoms with Gasteiger partial charge in [-0.25, -0.2) is 0 Å². The topological polar surface area (TPSA) is 67.9 Å². The Balaban J connectivity index is 1.53. The van der Waals surface area contributed by atoms with Crippen molar-refractivity contribution in [2.75, 3.05) is 13.1 Å². The van der Waals surface area contributed by atoms with Gasteiger partial charge in [-0.3, -0.25) is 9.69 Å². The smallest absolute Gasteiger partial charge is 0.261 e. The zero-order valence-electron chi connectivity index (χ0n) is 14.7. The maximum atomic E-state index is 11.2. The average molecular weight is 349 g/mol. The largest absolute Gasteiger partial charge is 0.382 e. The summed E-state index contributed by atoms with van der Waals surface area (Å²) in [5, 5.41) is 4.01. The average Bonchev–Trinajstić information content (AvgIpc) is 3.34. The fraction of sp³-hybridized carbons (Fsp3) is 0.333. The van der Waals surface area contributed by atoms with Gasteiger partial charge in [-0.05, 0) is 48.2 Å². The van der Waals surface area contributed by atoms with Crippen LogP contribution in [0.3, 0.4) is 0 Å². The Morgan fingerprint density at radius 2 is 1.77 bits per heavy atom. The van der Waals surface area contributed by atoms with Crippen LogP contribution in [0.5, 0.6) is 0 Å². The number of carbonyl (C=O) groups excluding carboxylic acids is 1. The molecule has 1 atom stereocenters. The summed E-state index contributed by atoms with van der Waals surface area (Å²) < 4.78 is 0. The predicted molar refractivity (Wildman–Crippen MR) is 102 cm³/mol. The molecule has 1 fully saturated rings. The molecule has 2 aromatic rings. The molecule has 2 heterocycles. The molecule has 5 nitrogen and oxygen atoms in total. The van der Waals surface area contributed by atoms with Crippen molar-refractivity contribution in [3.05, 3.63) is 59.7 Å². The summed E-state index contributed by atoms with van der Waals surface area (Å²) in [5.41, 5.74) is 10.8. The van der Waals surface area contributed by atoms with Crippen molar-refractivity contribution in [3.63, 3.8) is 0 Å². The Bertz CT molecular complexity index is 823. The molecule has 2 N–H and O–H groups in total. The normalized spacial score (nSPS) is 20.0. The lowest BCUT2D eigenvalue weighted by molar-refractivity contribution is -0.127. The van der Waals surface area contributed by atoms with Crippen LogP contribution in [0.2, 0.25) is 0 Å². The number of hydrogen-bond acceptors (Lipinski definition) is 4. The lowest BCUT2D eigenvalue weighted by Gasteiger charge is -2.17. The zero-order valence-corrected chi connectivity index (χ0v) is 14.7. The van der Waals surface area contributed by atoms with Gasteiger partial charge in [0.1, 0.15) is 0 Å². The number of benzene rings is 2. The first kappa shape index (κ1) is 16.8. The number of oxime groups is 1. The second kappa shape index (κ2) is 7.30.